The van der Waals surface area contributed by atoms with Gasteiger partial charge in [0.1, 0.15) is 0 Å². The zero-order valence-corrected chi connectivity index (χ0v) is 18.5. The van der Waals surface area contributed by atoms with E-state index in [0.29, 0.717) is 12.0 Å². The first-order valence-electron chi connectivity index (χ1n) is 10.4. The Hall–Kier alpha value is -1.19. The summed E-state index contributed by atoms with van der Waals surface area (Å²) in [4.78, 5) is 0. The summed E-state index contributed by atoms with van der Waals surface area (Å²) in [5.74, 6) is 0.605. The number of hydrogen-bond acceptors (Lipinski definition) is 4. The molecule has 0 heterocycles. The molecule has 1 aliphatic rings. The fourth-order valence-electron chi connectivity index (χ4n) is 3.67. The standard InChI is InChI=1S/C22H35NO3Si/c1-17(2)25-27(26-18(3)4)15-5-14-24-22-12-10-21(11-13-22)20-8-6-19(16-23)7-9-20/h6-9,17-18,21-22,27H,5,10-15H2,1-4H3/t21-,22-. The quantitative estimate of drug-likeness (QED) is 0.414. The summed E-state index contributed by atoms with van der Waals surface area (Å²) in [5.41, 5.74) is 2.10. The highest BCUT2D eigenvalue weighted by Crippen LogP contribution is 2.34. The molecule has 0 amide bonds. The molecule has 0 saturated heterocycles. The number of rotatable bonds is 10. The van der Waals surface area contributed by atoms with Gasteiger partial charge in [0.2, 0.25) is 0 Å². The largest absolute Gasteiger partial charge is 0.394 e. The highest BCUT2D eigenvalue weighted by molar-refractivity contribution is 6.44. The van der Waals surface area contributed by atoms with Gasteiger partial charge in [-0.05, 0) is 89.5 Å². The van der Waals surface area contributed by atoms with E-state index < -0.39 is 9.28 Å². The number of nitriles is 1. The Morgan fingerprint density at radius 1 is 1.00 bits per heavy atom. The van der Waals surface area contributed by atoms with Gasteiger partial charge >= 0.3 is 9.28 Å². The van der Waals surface area contributed by atoms with Crippen molar-refractivity contribution in [2.75, 3.05) is 6.61 Å². The van der Waals surface area contributed by atoms with E-state index in [-0.39, 0.29) is 12.2 Å². The Kier molecular flexibility index (Phi) is 9.50. The summed E-state index contributed by atoms with van der Waals surface area (Å²) in [5, 5.41) is 8.92. The van der Waals surface area contributed by atoms with Crippen LogP contribution in [0.4, 0.5) is 0 Å². The van der Waals surface area contributed by atoms with Crippen LogP contribution in [0, 0.1) is 11.3 Å². The smallest absolute Gasteiger partial charge is 0.321 e. The van der Waals surface area contributed by atoms with Crippen LogP contribution in [0.1, 0.15) is 76.8 Å². The lowest BCUT2D eigenvalue weighted by Gasteiger charge is -2.29. The SMILES string of the molecule is CC(C)O[SiH](CCCO[C@H]1CC[C@H](c2ccc(C#N)cc2)CC1)OC(C)C. The van der Waals surface area contributed by atoms with Crippen LogP contribution >= 0.6 is 0 Å². The zero-order valence-electron chi connectivity index (χ0n) is 17.3. The Balaban J connectivity index is 1.66. The fraction of sp³-hybridized carbons (Fsp3) is 0.682. The van der Waals surface area contributed by atoms with E-state index in [4.69, 9.17) is 18.9 Å². The van der Waals surface area contributed by atoms with E-state index in [1.165, 1.54) is 18.4 Å². The molecule has 0 aliphatic heterocycles. The topological polar surface area (TPSA) is 51.5 Å². The van der Waals surface area contributed by atoms with Gasteiger partial charge in [-0.3, -0.25) is 0 Å². The lowest BCUT2D eigenvalue weighted by Crippen LogP contribution is -2.30. The van der Waals surface area contributed by atoms with Crippen molar-refractivity contribution in [1.29, 1.82) is 5.26 Å². The summed E-state index contributed by atoms with van der Waals surface area (Å²) in [6, 6.07) is 11.3. The van der Waals surface area contributed by atoms with Crippen LogP contribution in [-0.2, 0) is 13.6 Å². The van der Waals surface area contributed by atoms with Gasteiger partial charge in [0.25, 0.3) is 0 Å². The second-order valence-corrected chi connectivity index (χ2v) is 10.0. The van der Waals surface area contributed by atoms with E-state index in [0.717, 1.165) is 37.5 Å². The number of hydrogen-bond donors (Lipinski definition) is 0. The minimum atomic E-state index is -1.58. The van der Waals surface area contributed by atoms with E-state index in [1.54, 1.807) is 0 Å². The lowest BCUT2D eigenvalue weighted by molar-refractivity contribution is 0.0237. The third-order valence-electron chi connectivity index (χ3n) is 4.97. The number of nitrogens with zero attached hydrogens (tertiary/aromatic N) is 1. The molecule has 0 radical (unpaired) electrons. The maximum atomic E-state index is 8.92. The van der Waals surface area contributed by atoms with Crippen LogP contribution in [0.2, 0.25) is 6.04 Å². The average Bonchev–Trinajstić information content (AvgIpc) is 2.65. The summed E-state index contributed by atoms with van der Waals surface area (Å²) < 4.78 is 18.1. The molecular weight excluding hydrogens is 354 g/mol. The molecule has 0 aromatic heterocycles. The van der Waals surface area contributed by atoms with Gasteiger partial charge in [-0.25, -0.2) is 0 Å². The fourth-order valence-corrected chi connectivity index (χ4v) is 5.72. The third kappa shape index (κ3) is 8.14. The van der Waals surface area contributed by atoms with Gasteiger partial charge in [-0.15, -0.1) is 0 Å². The van der Waals surface area contributed by atoms with Crippen molar-refractivity contribution < 1.29 is 13.6 Å². The molecule has 4 nitrogen and oxygen atoms in total. The van der Waals surface area contributed by atoms with Crippen LogP contribution < -0.4 is 0 Å². The molecule has 0 bridgehead atoms. The normalized spacial score (nSPS) is 20.4. The van der Waals surface area contributed by atoms with Crippen molar-refractivity contribution in [2.24, 2.45) is 0 Å². The van der Waals surface area contributed by atoms with Gasteiger partial charge < -0.3 is 13.6 Å². The summed E-state index contributed by atoms with van der Waals surface area (Å²) >= 11 is 0. The summed E-state index contributed by atoms with van der Waals surface area (Å²) in [6.07, 6.45) is 6.45. The monoisotopic (exact) mass is 389 g/mol. The van der Waals surface area contributed by atoms with Crippen molar-refractivity contribution in [3.05, 3.63) is 35.4 Å². The van der Waals surface area contributed by atoms with Gasteiger partial charge in [0.05, 0.1) is 17.7 Å². The molecule has 0 spiro atoms. The average molecular weight is 390 g/mol. The van der Waals surface area contributed by atoms with Crippen molar-refractivity contribution in [3.63, 3.8) is 0 Å². The second kappa shape index (κ2) is 11.6. The molecule has 1 fully saturated rings. The predicted molar refractivity (Wildman–Crippen MR) is 111 cm³/mol. The molecule has 5 heteroatoms. The molecule has 2 rings (SSSR count). The lowest BCUT2D eigenvalue weighted by atomic mass is 9.82. The Morgan fingerprint density at radius 3 is 2.11 bits per heavy atom. The first-order chi connectivity index (χ1) is 13.0. The highest BCUT2D eigenvalue weighted by Gasteiger charge is 2.23. The molecule has 0 N–H and O–H groups in total. The Morgan fingerprint density at radius 2 is 1.59 bits per heavy atom. The first-order valence-corrected chi connectivity index (χ1v) is 12.2. The Bertz CT molecular complexity index is 564. The highest BCUT2D eigenvalue weighted by atomic mass is 28.3. The molecule has 1 aromatic rings. The van der Waals surface area contributed by atoms with Crippen molar-refractivity contribution in [2.45, 2.75) is 90.1 Å². The van der Waals surface area contributed by atoms with E-state index >= 15 is 0 Å². The first kappa shape index (κ1) is 22.1. The van der Waals surface area contributed by atoms with E-state index in [1.807, 2.05) is 12.1 Å². The predicted octanol–water partition coefficient (Wildman–Crippen LogP) is 5.06. The van der Waals surface area contributed by atoms with Crippen molar-refractivity contribution in [1.82, 2.24) is 0 Å². The molecule has 0 unspecified atom stereocenters. The molecule has 1 aliphatic carbocycles. The van der Waals surface area contributed by atoms with Gasteiger partial charge in [0.15, 0.2) is 0 Å². The molecule has 1 aromatic carbocycles. The molecule has 0 atom stereocenters. The van der Waals surface area contributed by atoms with E-state index in [2.05, 4.69) is 45.9 Å². The molecule has 150 valence electrons. The maximum Gasteiger partial charge on any atom is 0.321 e. The molecule has 27 heavy (non-hydrogen) atoms. The van der Waals surface area contributed by atoms with Crippen LogP contribution in [0.3, 0.4) is 0 Å². The van der Waals surface area contributed by atoms with Crippen molar-refractivity contribution in [3.8, 4) is 6.07 Å². The number of benzene rings is 1. The third-order valence-corrected chi connectivity index (χ3v) is 7.55. The van der Waals surface area contributed by atoms with Crippen LogP contribution in [0.5, 0.6) is 0 Å². The van der Waals surface area contributed by atoms with Crippen LogP contribution in [-0.4, -0.2) is 34.2 Å². The van der Waals surface area contributed by atoms with Gasteiger partial charge in [-0.1, -0.05) is 12.1 Å². The molecular formula is C22H35NO3Si. The van der Waals surface area contributed by atoms with Crippen molar-refractivity contribution >= 4 is 9.28 Å². The Labute approximate surface area is 166 Å². The van der Waals surface area contributed by atoms with Gasteiger partial charge in [0, 0.05) is 18.8 Å². The van der Waals surface area contributed by atoms with Crippen LogP contribution in [0.25, 0.3) is 0 Å². The van der Waals surface area contributed by atoms with Crippen LogP contribution in [0.15, 0.2) is 24.3 Å². The minimum absolute atomic E-state index is 0.235. The minimum Gasteiger partial charge on any atom is -0.394 e. The summed E-state index contributed by atoms with van der Waals surface area (Å²) in [7, 11) is -1.58. The summed E-state index contributed by atoms with van der Waals surface area (Å²) in [6.45, 7) is 9.11. The van der Waals surface area contributed by atoms with Gasteiger partial charge in [-0.2, -0.15) is 5.26 Å². The van der Waals surface area contributed by atoms with E-state index in [9.17, 15) is 0 Å². The zero-order chi connectivity index (χ0) is 19.6. The maximum absolute atomic E-state index is 8.92. The molecule has 1 saturated carbocycles. The second-order valence-electron chi connectivity index (χ2n) is 8.02. The number of ether oxygens (including phenoxy) is 1.